The molecule has 0 aliphatic carbocycles. The molecule has 0 N–H and O–H groups in total. The van der Waals surface area contributed by atoms with Crippen LogP contribution in [0.2, 0.25) is 13.1 Å². The molecular weight excluding hydrogens is 695 g/mol. The average molecular weight is 743 g/mol. The van der Waals surface area contributed by atoms with Gasteiger partial charge in [0.05, 0.1) is 0 Å². The van der Waals surface area contributed by atoms with Crippen LogP contribution in [0.4, 0.5) is 0 Å². The Hall–Kier alpha value is -2.22. The van der Waals surface area contributed by atoms with E-state index in [2.05, 4.69) is 164 Å². The summed E-state index contributed by atoms with van der Waals surface area (Å²) in [7, 11) is 11.0. The third-order valence-corrected chi connectivity index (χ3v) is 8.54. The van der Waals surface area contributed by atoms with Gasteiger partial charge in [0.25, 0.3) is 0 Å². The fraction of sp³-hybridized carbons (Fsp3) is 0.286. The predicted octanol–water partition coefficient (Wildman–Crippen LogP) is 14.3. The number of benzene rings is 4. The third-order valence-electron chi connectivity index (χ3n) is 8.54. The van der Waals surface area contributed by atoms with E-state index < -0.39 is 20.8 Å². The molecule has 6 rings (SSSR count). The van der Waals surface area contributed by atoms with Crippen LogP contribution < -0.4 is 0 Å². The molecule has 0 spiro atoms. The van der Waals surface area contributed by atoms with Crippen molar-refractivity contribution in [2.75, 3.05) is 0 Å². The maximum atomic E-state index is 4.93. The average Bonchev–Trinajstić information content (AvgIpc) is 3.65. The first-order valence-corrected chi connectivity index (χ1v) is 24.6. The van der Waals surface area contributed by atoms with E-state index in [0.717, 1.165) is 9.52 Å². The van der Waals surface area contributed by atoms with Crippen molar-refractivity contribution in [1.29, 1.82) is 0 Å². The molecule has 0 saturated carbocycles. The molecule has 2 atom stereocenters. The molecule has 0 amide bonds. The molecule has 4 heteroatoms. The SMILES string of the molecule is CCC(C)c1ccc2[cH-]c(C)cc2c1-c1ccccc1.CCC(C)c1ccc2[cH-]c(C)cc2c1-c1ccccc1.C[Si]C.[Cl][Zr+2][Cl]. The van der Waals surface area contributed by atoms with Crippen molar-refractivity contribution < 1.29 is 20.8 Å². The molecule has 238 valence electrons. The van der Waals surface area contributed by atoms with Crippen LogP contribution in [0.1, 0.15) is 74.6 Å². The molecule has 0 saturated heterocycles. The molecule has 0 aromatic heterocycles. The Morgan fingerprint density at radius 2 is 0.935 bits per heavy atom. The normalized spacial score (nSPS) is 11.7. The van der Waals surface area contributed by atoms with Gasteiger partial charge in [0.15, 0.2) is 0 Å². The summed E-state index contributed by atoms with van der Waals surface area (Å²) in [4.78, 5) is 0. The monoisotopic (exact) mass is 740 g/mol. The van der Waals surface area contributed by atoms with E-state index in [4.69, 9.17) is 17.0 Å². The van der Waals surface area contributed by atoms with Gasteiger partial charge in [-0.25, -0.2) is 0 Å². The molecule has 0 aliphatic heterocycles. The Kier molecular flexibility index (Phi) is 16.3. The van der Waals surface area contributed by atoms with Gasteiger partial charge in [0.1, 0.15) is 0 Å². The van der Waals surface area contributed by atoms with Gasteiger partial charge >= 0.3 is 37.9 Å². The molecule has 0 bridgehead atoms. The van der Waals surface area contributed by atoms with Gasteiger partial charge < -0.3 is 0 Å². The van der Waals surface area contributed by atoms with Crippen molar-refractivity contribution in [2.45, 2.75) is 79.3 Å². The minimum absolute atomic E-state index is 0.588. The van der Waals surface area contributed by atoms with Crippen LogP contribution in [0.3, 0.4) is 0 Å². The van der Waals surface area contributed by atoms with Gasteiger partial charge in [-0.05, 0) is 35.8 Å². The van der Waals surface area contributed by atoms with E-state index in [1.54, 1.807) is 0 Å². The molecular formula is C42H48Cl2SiZr. The molecule has 0 nitrogen and oxygen atoms in total. The first-order valence-electron chi connectivity index (χ1n) is 16.3. The van der Waals surface area contributed by atoms with Gasteiger partial charge in [-0.3, -0.25) is 0 Å². The van der Waals surface area contributed by atoms with Crippen LogP contribution in [0.15, 0.2) is 109 Å². The molecule has 6 aromatic carbocycles. The van der Waals surface area contributed by atoms with Gasteiger partial charge in [0, 0.05) is 9.52 Å². The molecule has 2 unspecified atom stereocenters. The second-order valence-corrected chi connectivity index (χ2v) is 16.8. The summed E-state index contributed by atoms with van der Waals surface area (Å²) >= 11 is -0.826. The molecule has 2 radical (unpaired) electrons. The molecule has 46 heavy (non-hydrogen) atoms. The molecule has 0 aliphatic rings. The Morgan fingerprint density at radius 3 is 1.24 bits per heavy atom. The van der Waals surface area contributed by atoms with Crippen molar-refractivity contribution >= 4 is 48.1 Å². The van der Waals surface area contributed by atoms with E-state index in [-0.39, 0.29) is 0 Å². The van der Waals surface area contributed by atoms with Crippen LogP contribution in [0.25, 0.3) is 43.8 Å². The van der Waals surface area contributed by atoms with Crippen molar-refractivity contribution in [3.63, 3.8) is 0 Å². The maximum absolute atomic E-state index is 4.93. The van der Waals surface area contributed by atoms with Crippen molar-refractivity contribution in [2.24, 2.45) is 0 Å². The standard InChI is InChI=1S/2C20H21.C2H6Si.2ClH.Zr/c2*1-4-15(3)18-11-10-17-12-14(2)13-19(17)20(18)16-8-6-5-7-9-16;1-3-2;;;/h2*5-13,15H,4H2,1-3H3;1-2H3;2*1H;/q2*-1;;;;+4/p-2. The zero-order valence-corrected chi connectivity index (χ0v) is 33.7. The Morgan fingerprint density at radius 1 is 0.609 bits per heavy atom. The zero-order chi connectivity index (χ0) is 33.6. The van der Waals surface area contributed by atoms with Crippen LogP contribution in [-0.2, 0) is 20.8 Å². The summed E-state index contributed by atoms with van der Waals surface area (Å²) < 4.78 is 0. The van der Waals surface area contributed by atoms with Crippen LogP contribution in [0, 0.1) is 13.8 Å². The topological polar surface area (TPSA) is 0 Å². The number of hydrogen-bond acceptors (Lipinski definition) is 0. The summed E-state index contributed by atoms with van der Waals surface area (Å²) in [6, 6.07) is 40.0. The van der Waals surface area contributed by atoms with Gasteiger partial charge in [-0.1, -0.05) is 138 Å². The summed E-state index contributed by atoms with van der Waals surface area (Å²) in [6.07, 6.45) is 2.34. The molecule has 6 aromatic rings. The van der Waals surface area contributed by atoms with Gasteiger partial charge in [0.2, 0.25) is 0 Å². The Bertz CT molecular complexity index is 1620. The van der Waals surface area contributed by atoms with Crippen LogP contribution >= 0.6 is 17.0 Å². The number of rotatable bonds is 6. The number of fused-ring (bicyclic) bond motifs is 2. The van der Waals surface area contributed by atoms with Crippen molar-refractivity contribution in [3.8, 4) is 22.3 Å². The third kappa shape index (κ3) is 9.90. The first kappa shape index (κ1) is 38.2. The fourth-order valence-electron chi connectivity index (χ4n) is 6.01. The summed E-state index contributed by atoms with van der Waals surface area (Å²) in [5.74, 6) is 1.18. The summed E-state index contributed by atoms with van der Waals surface area (Å²) in [5.41, 5.74) is 11.1. The van der Waals surface area contributed by atoms with Gasteiger partial charge in [-0.15, -0.1) is 69.1 Å². The van der Waals surface area contributed by atoms with E-state index in [1.807, 2.05) is 0 Å². The minimum atomic E-state index is -0.826. The van der Waals surface area contributed by atoms with Crippen LogP contribution in [0.5, 0.6) is 0 Å². The van der Waals surface area contributed by atoms with Crippen LogP contribution in [-0.4, -0.2) is 9.52 Å². The number of hydrogen-bond donors (Lipinski definition) is 0. The number of halogens is 2. The van der Waals surface area contributed by atoms with Crippen molar-refractivity contribution in [1.82, 2.24) is 0 Å². The van der Waals surface area contributed by atoms with E-state index in [0.29, 0.717) is 11.8 Å². The Labute approximate surface area is 299 Å². The second-order valence-electron chi connectivity index (χ2n) is 12.1. The van der Waals surface area contributed by atoms with Gasteiger partial charge in [-0.2, -0.15) is 12.1 Å². The fourth-order valence-corrected chi connectivity index (χ4v) is 6.01. The summed E-state index contributed by atoms with van der Waals surface area (Å²) in [5, 5.41) is 5.50. The quantitative estimate of drug-likeness (QED) is 0.118. The van der Waals surface area contributed by atoms with E-state index >= 15 is 0 Å². The zero-order valence-electron chi connectivity index (χ0n) is 28.7. The van der Waals surface area contributed by atoms with Crippen molar-refractivity contribution in [3.05, 3.63) is 131 Å². The predicted molar refractivity (Wildman–Crippen MR) is 206 cm³/mol. The summed E-state index contributed by atoms with van der Waals surface area (Å²) in [6.45, 7) is 17.8. The first-order chi connectivity index (χ1) is 22.2. The number of aryl methyl sites for hydroxylation is 2. The molecule has 0 heterocycles. The Balaban J connectivity index is 0.000000214. The second kappa shape index (κ2) is 19.6. The van der Waals surface area contributed by atoms with E-state index in [9.17, 15) is 0 Å². The van der Waals surface area contributed by atoms with E-state index in [1.165, 1.54) is 78.9 Å². The molecule has 0 fully saturated rings.